The number of Topliss-reactive ketones (excluding diaryl/α,β-unsaturated/α-hetero) is 1. The van der Waals surface area contributed by atoms with Gasteiger partial charge in [-0.1, -0.05) is 55.8 Å². The Labute approximate surface area is 135 Å². The molecule has 0 atom stereocenters. The van der Waals surface area contributed by atoms with Gasteiger partial charge < -0.3 is 4.57 Å². The molecule has 2 nitrogen and oxygen atoms in total. The van der Waals surface area contributed by atoms with E-state index in [1.165, 1.54) is 0 Å². The highest BCUT2D eigenvalue weighted by Crippen LogP contribution is 2.25. The summed E-state index contributed by atoms with van der Waals surface area (Å²) in [5.74, 6) is 0.181. The van der Waals surface area contributed by atoms with Crippen LogP contribution in [0.3, 0.4) is 0 Å². The van der Waals surface area contributed by atoms with Crippen LogP contribution in [-0.2, 0) is 6.54 Å². The predicted molar refractivity (Wildman–Crippen MR) is 91.7 cm³/mol. The molecule has 0 bridgehead atoms. The van der Waals surface area contributed by atoms with Crippen LogP contribution in [0.5, 0.6) is 0 Å². The lowest BCUT2D eigenvalue weighted by atomic mass is 10.0. The molecule has 3 heteroatoms. The minimum atomic E-state index is -0.00483. The van der Waals surface area contributed by atoms with Crippen molar-refractivity contribution in [3.05, 3.63) is 70.9 Å². The van der Waals surface area contributed by atoms with E-state index in [1.54, 1.807) is 0 Å². The summed E-state index contributed by atoms with van der Waals surface area (Å²) < 4.78 is 2.13. The molecular formula is C19H18ClNO. The second-order valence-electron chi connectivity index (χ2n) is 5.83. The van der Waals surface area contributed by atoms with Gasteiger partial charge in [0.2, 0.25) is 0 Å². The Morgan fingerprint density at radius 2 is 1.77 bits per heavy atom. The fourth-order valence-corrected chi connectivity index (χ4v) is 2.80. The van der Waals surface area contributed by atoms with E-state index < -0.39 is 0 Å². The Morgan fingerprint density at radius 3 is 2.45 bits per heavy atom. The summed E-state index contributed by atoms with van der Waals surface area (Å²) in [6.07, 6.45) is 1.97. The van der Waals surface area contributed by atoms with Gasteiger partial charge in [0.15, 0.2) is 5.78 Å². The van der Waals surface area contributed by atoms with Crippen LogP contribution in [0.15, 0.2) is 54.7 Å². The summed E-state index contributed by atoms with van der Waals surface area (Å²) >= 11 is 5.94. The smallest absolute Gasteiger partial charge is 0.167 e. The standard InChI is InChI=1S/C19H18ClNO/c1-13(2)19(22)17-12-21(18-6-4-3-5-16(17)18)11-14-7-9-15(20)10-8-14/h3-10,12-13H,11H2,1-2H3. The molecule has 0 aliphatic heterocycles. The Morgan fingerprint density at radius 1 is 1.09 bits per heavy atom. The molecule has 0 unspecified atom stereocenters. The van der Waals surface area contributed by atoms with Gasteiger partial charge in [0, 0.05) is 40.1 Å². The van der Waals surface area contributed by atoms with Gasteiger partial charge >= 0.3 is 0 Å². The second-order valence-corrected chi connectivity index (χ2v) is 6.27. The zero-order chi connectivity index (χ0) is 15.7. The monoisotopic (exact) mass is 311 g/mol. The van der Waals surface area contributed by atoms with E-state index in [2.05, 4.69) is 10.6 Å². The number of fused-ring (bicyclic) bond motifs is 1. The molecule has 0 saturated carbocycles. The van der Waals surface area contributed by atoms with E-state index in [-0.39, 0.29) is 11.7 Å². The third-order valence-corrected chi connectivity index (χ3v) is 4.10. The van der Waals surface area contributed by atoms with Crippen LogP contribution < -0.4 is 0 Å². The molecule has 3 aromatic rings. The van der Waals surface area contributed by atoms with Gasteiger partial charge in [-0.2, -0.15) is 0 Å². The number of hydrogen-bond donors (Lipinski definition) is 0. The van der Waals surface area contributed by atoms with Crippen LogP contribution in [0, 0.1) is 5.92 Å². The van der Waals surface area contributed by atoms with Crippen molar-refractivity contribution in [1.29, 1.82) is 0 Å². The quantitative estimate of drug-likeness (QED) is 0.608. The summed E-state index contributed by atoms with van der Waals surface area (Å²) in [6.45, 7) is 4.60. The molecule has 0 aliphatic rings. The first-order chi connectivity index (χ1) is 10.6. The van der Waals surface area contributed by atoms with E-state index >= 15 is 0 Å². The Balaban J connectivity index is 2.06. The fourth-order valence-electron chi connectivity index (χ4n) is 2.67. The van der Waals surface area contributed by atoms with Gasteiger partial charge in [-0.15, -0.1) is 0 Å². The van der Waals surface area contributed by atoms with Gasteiger partial charge in [-0.3, -0.25) is 4.79 Å². The van der Waals surface area contributed by atoms with Gasteiger partial charge in [0.05, 0.1) is 0 Å². The Bertz CT molecular complexity index is 815. The topological polar surface area (TPSA) is 22.0 Å². The van der Waals surface area contributed by atoms with Crippen molar-refractivity contribution in [3.63, 3.8) is 0 Å². The molecule has 0 saturated heterocycles. The maximum atomic E-state index is 12.4. The van der Waals surface area contributed by atoms with Gasteiger partial charge in [-0.25, -0.2) is 0 Å². The van der Waals surface area contributed by atoms with Crippen molar-refractivity contribution in [2.75, 3.05) is 0 Å². The maximum Gasteiger partial charge on any atom is 0.167 e. The lowest BCUT2D eigenvalue weighted by molar-refractivity contribution is 0.0941. The minimum Gasteiger partial charge on any atom is -0.342 e. The highest BCUT2D eigenvalue weighted by molar-refractivity contribution is 6.30. The van der Waals surface area contributed by atoms with Crippen molar-refractivity contribution >= 4 is 28.3 Å². The molecule has 2 aromatic carbocycles. The molecule has 3 rings (SSSR count). The van der Waals surface area contributed by atoms with E-state index in [9.17, 15) is 4.79 Å². The third kappa shape index (κ3) is 2.79. The van der Waals surface area contributed by atoms with Crippen LogP contribution in [0.25, 0.3) is 10.9 Å². The van der Waals surface area contributed by atoms with Crippen molar-refractivity contribution in [1.82, 2.24) is 4.57 Å². The first-order valence-corrected chi connectivity index (χ1v) is 7.80. The SMILES string of the molecule is CC(C)C(=O)c1cn(Cc2ccc(Cl)cc2)c2ccccc12. The highest BCUT2D eigenvalue weighted by atomic mass is 35.5. The first kappa shape index (κ1) is 14.9. The van der Waals surface area contributed by atoms with Crippen LogP contribution in [-0.4, -0.2) is 10.4 Å². The molecule has 0 spiro atoms. The van der Waals surface area contributed by atoms with Gasteiger partial charge in [-0.05, 0) is 23.8 Å². The van der Waals surface area contributed by atoms with Crippen LogP contribution in [0.2, 0.25) is 5.02 Å². The Kier molecular flexibility index (Phi) is 4.04. The van der Waals surface area contributed by atoms with Crippen LogP contribution >= 0.6 is 11.6 Å². The molecule has 0 aliphatic carbocycles. The lowest BCUT2D eigenvalue weighted by Crippen LogP contribution is -2.06. The molecule has 0 N–H and O–H groups in total. The van der Waals surface area contributed by atoms with Gasteiger partial charge in [0.1, 0.15) is 0 Å². The summed E-state index contributed by atoms with van der Waals surface area (Å²) in [4.78, 5) is 12.4. The van der Waals surface area contributed by atoms with Crippen molar-refractivity contribution in [2.45, 2.75) is 20.4 Å². The van der Waals surface area contributed by atoms with Gasteiger partial charge in [0.25, 0.3) is 0 Å². The van der Waals surface area contributed by atoms with E-state index in [0.29, 0.717) is 0 Å². The first-order valence-electron chi connectivity index (χ1n) is 7.43. The molecular weight excluding hydrogens is 294 g/mol. The van der Waals surface area contributed by atoms with E-state index in [4.69, 9.17) is 11.6 Å². The number of rotatable bonds is 4. The minimum absolute atomic E-state index is 0.00483. The van der Waals surface area contributed by atoms with Crippen molar-refractivity contribution in [2.24, 2.45) is 5.92 Å². The second kappa shape index (κ2) is 5.98. The Hall–Kier alpha value is -2.06. The zero-order valence-electron chi connectivity index (χ0n) is 12.7. The number of carbonyl (C=O) groups is 1. The molecule has 0 radical (unpaired) electrons. The summed E-state index contributed by atoms with van der Waals surface area (Å²) in [6, 6.07) is 15.9. The highest BCUT2D eigenvalue weighted by Gasteiger charge is 2.17. The number of carbonyl (C=O) groups excluding carboxylic acids is 1. The maximum absolute atomic E-state index is 12.4. The molecule has 0 amide bonds. The molecule has 22 heavy (non-hydrogen) atoms. The number of aromatic nitrogens is 1. The average molecular weight is 312 g/mol. The van der Waals surface area contributed by atoms with E-state index in [1.807, 2.05) is 62.5 Å². The molecule has 112 valence electrons. The zero-order valence-corrected chi connectivity index (χ0v) is 13.5. The predicted octanol–water partition coefficient (Wildman–Crippen LogP) is 5.18. The normalized spacial score (nSPS) is 11.3. The number of nitrogens with zero attached hydrogens (tertiary/aromatic N) is 1. The number of para-hydroxylation sites is 1. The molecule has 1 heterocycles. The average Bonchev–Trinajstić information content (AvgIpc) is 2.88. The van der Waals surface area contributed by atoms with E-state index in [0.717, 1.165) is 33.6 Å². The number of halogens is 1. The summed E-state index contributed by atoms with van der Waals surface area (Å²) in [7, 11) is 0. The number of hydrogen-bond acceptors (Lipinski definition) is 1. The third-order valence-electron chi connectivity index (χ3n) is 3.84. The molecule has 0 fully saturated rings. The van der Waals surface area contributed by atoms with Crippen molar-refractivity contribution < 1.29 is 4.79 Å². The van der Waals surface area contributed by atoms with Crippen LogP contribution in [0.1, 0.15) is 29.8 Å². The van der Waals surface area contributed by atoms with Crippen LogP contribution in [0.4, 0.5) is 0 Å². The fraction of sp³-hybridized carbons (Fsp3) is 0.211. The summed E-state index contributed by atoms with van der Waals surface area (Å²) in [5, 5.41) is 1.76. The lowest BCUT2D eigenvalue weighted by Gasteiger charge is -2.05. The number of benzene rings is 2. The summed E-state index contributed by atoms with van der Waals surface area (Å²) in [5.41, 5.74) is 3.05. The largest absolute Gasteiger partial charge is 0.342 e. The van der Waals surface area contributed by atoms with Crippen molar-refractivity contribution in [3.8, 4) is 0 Å². The number of ketones is 1. The molecule has 1 aromatic heterocycles.